The van der Waals surface area contributed by atoms with Crippen molar-refractivity contribution in [3.63, 3.8) is 0 Å². The Kier molecular flexibility index (Phi) is 4.10. The summed E-state index contributed by atoms with van der Waals surface area (Å²) in [5, 5.41) is 3.50. The van der Waals surface area contributed by atoms with Gasteiger partial charge in [-0.3, -0.25) is 0 Å². The summed E-state index contributed by atoms with van der Waals surface area (Å²) in [5.41, 5.74) is 3.12. The average molecular weight is 284 g/mol. The molecular weight excluding hydrogens is 264 g/mol. The Morgan fingerprint density at radius 1 is 1.33 bits per heavy atom. The summed E-state index contributed by atoms with van der Waals surface area (Å²) >= 11 is 0. The van der Waals surface area contributed by atoms with Crippen LogP contribution in [-0.2, 0) is 6.42 Å². The Labute approximate surface area is 124 Å². The van der Waals surface area contributed by atoms with Crippen LogP contribution in [0, 0.1) is 0 Å². The number of fused-ring (bicyclic) bond motifs is 1. The van der Waals surface area contributed by atoms with Crippen molar-refractivity contribution in [2.45, 2.75) is 32.2 Å². The molecule has 0 amide bonds. The topological polar surface area (TPSA) is 59.9 Å². The summed E-state index contributed by atoms with van der Waals surface area (Å²) in [7, 11) is 1.61. The molecular formula is C16H20N4O. The molecule has 1 aliphatic rings. The van der Waals surface area contributed by atoms with Gasteiger partial charge in [0, 0.05) is 29.6 Å². The molecule has 0 spiro atoms. The minimum absolute atomic E-state index is 0.381. The summed E-state index contributed by atoms with van der Waals surface area (Å²) in [4.78, 5) is 13.6. The highest BCUT2D eigenvalue weighted by Crippen LogP contribution is 2.29. The van der Waals surface area contributed by atoms with E-state index in [4.69, 9.17) is 9.72 Å². The number of aryl methyl sites for hydroxylation is 1. The van der Waals surface area contributed by atoms with Gasteiger partial charge in [0.05, 0.1) is 7.11 Å². The van der Waals surface area contributed by atoms with Gasteiger partial charge in [-0.25, -0.2) is 15.0 Å². The van der Waals surface area contributed by atoms with Gasteiger partial charge in [0.25, 0.3) is 0 Å². The summed E-state index contributed by atoms with van der Waals surface area (Å²) < 4.78 is 5.16. The van der Waals surface area contributed by atoms with Gasteiger partial charge in [-0.2, -0.15) is 0 Å². The van der Waals surface area contributed by atoms with Crippen LogP contribution in [0.15, 0.2) is 24.4 Å². The van der Waals surface area contributed by atoms with E-state index in [2.05, 4.69) is 22.2 Å². The van der Waals surface area contributed by atoms with E-state index in [1.807, 2.05) is 24.4 Å². The van der Waals surface area contributed by atoms with Crippen molar-refractivity contribution in [1.82, 2.24) is 20.3 Å². The molecule has 1 N–H and O–H groups in total. The monoisotopic (exact) mass is 284 g/mol. The summed E-state index contributed by atoms with van der Waals surface area (Å²) in [6.07, 6.45) is 5.27. The number of methoxy groups -OCH3 is 1. The second kappa shape index (κ2) is 6.18. The van der Waals surface area contributed by atoms with E-state index in [1.54, 1.807) is 7.11 Å². The van der Waals surface area contributed by atoms with Gasteiger partial charge in [-0.05, 0) is 31.9 Å². The fourth-order valence-electron chi connectivity index (χ4n) is 2.78. The summed E-state index contributed by atoms with van der Waals surface area (Å²) in [5.74, 6) is 1.25. The van der Waals surface area contributed by atoms with Crippen LogP contribution in [0.25, 0.3) is 11.5 Å². The fourth-order valence-corrected chi connectivity index (χ4v) is 2.78. The number of aromatic nitrogens is 3. The third-order valence-corrected chi connectivity index (χ3v) is 3.79. The van der Waals surface area contributed by atoms with Crippen molar-refractivity contribution in [2.24, 2.45) is 0 Å². The van der Waals surface area contributed by atoms with Crippen LogP contribution in [0.1, 0.15) is 37.1 Å². The second-order valence-corrected chi connectivity index (χ2v) is 5.16. The number of nitrogens with zero attached hydrogens (tertiary/aromatic N) is 3. The van der Waals surface area contributed by atoms with Gasteiger partial charge in [0.15, 0.2) is 5.82 Å². The highest BCUT2D eigenvalue weighted by Gasteiger charge is 2.21. The van der Waals surface area contributed by atoms with Crippen molar-refractivity contribution < 1.29 is 4.74 Å². The number of hydrogen-bond acceptors (Lipinski definition) is 5. The van der Waals surface area contributed by atoms with Crippen LogP contribution in [0.4, 0.5) is 0 Å². The van der Waals surface area contributed by atoms with Crippen molar-refractivity contribution in [3.05, 3.63) is 35.7 Å². The zero-order valence-corrected chi connectivity index (χ0v) is 12.5. The molecule has 2 aromatic rings. The third kappa shape index (κ3) is 2.88. The van der Waals surface area contributed by atoms with Crippen molar-refractivity contribution in [3.8, 4) is 17.4 Å². The van der Waals surface area contributed by atoms with Gasteiger partial charge in [0.2, 0.25) is 5.88 Å². The summed E-state index contributed by atoms with van der Waals surface area (Å²) in [6, 6.07) is 6.02. The van der Waals surface area contributed by atoms with Gasteiger partial charge in [-0.1, -0.05) is 13.0 Å². The molecule has 0 aliphatic heterocycles. The number of rotatable bonds is 4. The normalized spacial score (nSPS) is 17.3. The Bertz CT molecular complexity index is 629. The first-order chi connectivity index (χ1) is 10.3. The molecule has 0 radical (unpaired) electrons. The number of nitrogens with one attached hydrogen (secondary N) is 1. The average Bonchev–Trinajstić information content (AvgIpc) is 2.55. The lowest BCUT2D eigenvalue weighted by Gasteiger charge is -2.25. The lowest BCUT2D eigenvalue weighted by Crippen LogP contribution is -2.25. The maximum Gasteiger partial charge on any atom is 0.213 e. The molecule has 3 rings (SSSR count). The van der Waals surface area contributed by atoms with Gasteiger partial charge < -0.3 is 10.1 Å². The Balaban J connectivity index is 1.95. The molecule has 1 atom stereocenters. The molecule has 0 fully saturated rings. The van der Waals surface area contributed by atoms with E-state index in [9.17, 15) is 0 Å². The summed E-state index contributed by atoms with van der Waals surface area (Å²) in [6.45, 7) is 3.09. The first-order valence-corrected chi connectivity index (χ1v) is 7.42. The zero-order chi connectivity index (χ0) is 14.7. The van der Waals surface area contributed by atoms with Crippen LogP contribution in [0.3, 0.4) is 0 Å². The van der Waals surface area contributed by atoms with E-state index in [0.717, 1.165) is 37.2 Å². The molecule has 2 heterocycles. The largest absolute Gasteiger partial charge is 0.481 e. The molecule has 2 aromatic heterocycles. The predicted octanol–water partition coefficient (Wildman–Crippen LogP) is 2.53. The smallest absolute Gasteiger partial charge is 0.213 e. The van der Waals surface area contributed by atoms with E-state index < -0.39 is 0 Å². The van der Waals surface area contributed by atoms with E-state index in [0.29, 0.717) is 17.7 Å². The van der Waals surface area contributed by atoms with Crippen molar-refractivity contribution in [2.75, 3.05) is 13.7 Å². The molecule has 110 valence electrons. The molecule has 21 heavy (non-hydrogen) atoms. The minimum Gasteiger partial charge on any atom is -0.481 e. The highest BCUT2D eigenvalue weighted by atomic mass is 16.5. The Hall–Kier alpha value is -2.01. The number of pyridine rings is 1. The molecule has 5 nitrogen and oxygen atoms in total. The standard InChI is InChI=1S/C16H20N4O/c1-3-17-12-6-4-7-13-11(12)10-18-16(20-13)14-8-5-9-15(19-14)21-2/h5,8-10,12,17H,3-4,6-7H2,1-2H3. The SMILES string of the molecule is CCNC1CCCc2nc(-c3cccc(OC)n3)ncc21. The van der Waals surface area contributed by atoms with E-state index >= 15 is 0 Å². The Morgan fingerprint density at radius 3 is 3.05 bits per heavy atom. The van der Waals surface area contributed by atoms with Gasteiger partial charge >= 0.3 is 0 Å². The lowest BCUT2D eigenvalue weighted by atomic mass is 9.92. The third-order valence-electron chi connectivity index (χ3n) is 3.79. The quantitative estimate of drug-likeness (QED) is 0.935. The van der Waals surface area contributed by atoms with E-state index in [1.165, 1.54) is 5.56 Å². The lowest BCUT2D eigenvalue weighted by molar-refractivity contribution is 0.398. The van der Waals surface area contributed by atoms with Crippen LogP contribution in [-0.4, -0.2) is 28.6 Å². The predicted molar refractivity (Wildman–Crippen MR) is 81.2 cm³/mol. The van der Waals surface area contributed by atoms with Crippen LogP contribution in [0.5, 0.6) is 5.88 Å². The first-order valence-electron chi connectivity index (χ1n) is 7.42. The van der Waals surface area contributed by atoms with Gasteiger partial charge in [0.1, 0.15) is 5.69 Å². The second-order valence-electron chi connectivity index (χ2n) is 5.16. The number of ether oxygens (including phenoxy) is 1. The highest BCUT2D eigenvalue weighted by molar-refractivity contribution is 5.50. The first kappa shape index (κ1) is 13.9. The molecule has 0 bridgehead atoms. The molecule has 5 heteroatoms. The maximum atomic E-state index is 5.16. The van der Waals surface area contributed by atoms with Gasteiger partial charge in [-0.15, -0.1) is 0 Å². The zero-order valence-electron chi connectivity index (χ0n) is 12.5. The fraction of sp³-hybridized carbons (Fsp3) is 0.438. The van der Waals surface area contributed by atoms with E-state index in [-0.39, 0.29) is 0 Å². The molecule has 0 aromatic carbocycles. The molecule has 0 saturated carbocycles. The van der Waals surface area contributed by atoms with Crippen molar-refractivity contribution >= 4 is 0 Å². The molecule has 1 unspecified atom stereocenters. The molecule has 0 saturated heterocycles. The van der Waals surface area contributed by atoms with Crippen LogP contribution in [0.2, 0.25) is 0 Å². The minimum atomic E-state index is 0.381. The Morgan fingerprint density at radius 2 is 2.24 bits per heavy atom. The van der Waals surface area contributed by atoms with Crippen molar-refractivity contribution in [1.29, 1.82) is 0 Å². The van der Waals surface area contributed by atoms with Crippen LogP contribution < -0.4 is 10.1 Å². The number of hydrogen-bond donors (Lipinski definition) is 1. The maximum absolute atomic E-state index is 5.16. The van der Waals surface area contributed by atoms with Crippen LogP contribution >= 0.6 is 0 Å². The molecule has 1 aliphatic carbocycles.